The van der Waals surface area contributed by atoms with Crippen LogP contribution in [0.15, 0.2) is 18.2 Å². The van der Waals surface area contributed by atoms with Gasteiger partial charge in [0.25, 0.3) is 0 Å². The molecule has 0 saturated carbocycles. The maximum absolute atomic E-state index is 11.8. The second kappa shape index (κ2) is 4.22. The SMILES string of the molecule is CC(C)(C)C1CC(=O)Nc2cc(Cl)ccc2N1. The number of halogens is 1. The first-order valence-corrected chi connectivity index (χ1v) is 6.10. The quantitative estimate of drug-likeness (QED) is 0.742. The van der Waals surface area contributed by atoms with Crippen LogP contribution >= 0.6 is 11.6 Å². The molecule has 0 spiro atoms. The third-order valence-corrected chi connectivity index (χ3v) is 3.26. The van der Waals surface area contributed by atoms with E-state index in [1.807, 2.05) is 12.1 Å². The van der Waals surface area contributed by atoms with Crippen LogP contribution in [0, 0.1) is 5.41 Å². The summed E-state index contributed by atoms with van der Waals surface area (Å²) >= 11 is 5.92. The number of amides is 1. The van der Waals surface area contributed by atoms with E-state index in [4.69, 9.17) is 11.6 Å². The first-order valence-electron chi connectivity index (χ1n) is 5.72. The van der Waals surface area contributed by atoms with Gasteiger partial charge in [0.15, 0.2) is 0 Å². The highest BCUT2D eigenvalue weighted by molar-refractivity contribution is 6.31. The van der Waals surface area contributed by atoms with Crippen molar-refractivity contribution in [1.29, 1.82) is 0 Å². The molecule has 0 radical (unpaired) electrons. The lowest BCUT2D eigenvalue weighted by Crippen LogP contribution is -2.35. The molecule has 1 unspecified atom stereocenters. The Bertz CT molecular complexity index is 451. The van der Waals surface area contributed by atoms with Gasteiger partial charge in [-0.15, -0.1) is 0 Å². The maximum Gasteiger partial charge on any atom is 0.226 e. The molecule has 1 amide bonds. The fraction of sp³-hybridized carbons (Fsp3) is 0.462. The molecule has 1 aromatic rings. The third-order valence-electron chi connectivity index (χ3n) is 3.02. The predicted molar refractivity (Wildman–Crippen MR) is 71.6 cm³/mol. The zero-order valence-corrected chi connectivity index (χ0v) is 11.1. The monoisotopic (exact) mass is 252 g/mol. The molecule has 0 aromatic heterocycles. The molecule has 1 aliphatic heterocycles. The molecule has 0 saturated heterocycles. The number of fused-ring (bicyclic) bond motifs is 1. The topological polar surface area (TPSA) is 41.1 Å². The van der Waals surface area contributed by atoms with Gasteiger partial charge in [-0.3, -0.25) is 4.79 Å². The highest BCUT2D eigenvalue weighted by Crippen LogP contribution is 2.33. The van der Waals surface area contributed by atoms with Crippen molar-refractivity contribution in [3.63, 3.8) is 0 Å². The van der Waals surface area contributed by atoms with E-state index < -0.39 is 0 Å². The van der Waals surface area contributed by atoms with Crippen molar-refractivity contribution < 1.29 is 4.79 Å². The molecule has 92 valence electrons. The number of benzene rings is 1. The highest BCUT2D eigenvalue weighted by Gasteiger charge is 2.30. The molecule has 4 heteroatoms. The molecular formula is C13H17ClN2O. The van der Waals surface area contributed by atoms with Crippen LogP contribution < -0.4 is 10.6 Å². The zero-order valence-electron chi connectivity index (χ0n) is 10.3. The van der Waals surface area contributed by atoms with E-state index in [-0.39, 0.29) is 17.4 Å². The minimum Gasteiger partial charge on any atom is -0.380 e. The Morgan fingerprint density at radius 1 is 1.29 bits per heavy atom. The lowest BCUT2D eigenvalue weighted by Gasteiger charge is -2.30. The van der Waals surface area contributed by atoms with Gasteiger partial charge in [0.05, 0.1) is 11.4 Å². The Kier molecular flexibility index (Phi) is 3.04. The summed E-state index contributed by atoms with van der Waals surface area (Å²) in [6.45, 7) is 6.37. The Balaban J connectivity index is 2.37. The fourth-order valence-electron chi connectivity index (χ4n) is 1.89. The van der Waals surface area contributed by atoms with Crippen LogP contribution in [0.4, 0.5) is 11.4 Å². The van der Waals surface area contributed by atoms with Gasteiger partial charge in [0.2, 0.25) is 5.91 Å². The number of nitrogens with one attached hydrogen (secondary N) is 2. The van der Waals surface area contributed by atoms with E-state index in [1.54, 1.807) is 6.07 Å². The Morgan fingerprint density at radius 3 is 2.65 bits per heavy atom. The van der Waals surface area contributed by atoms with Gasteiger partial charge >= 0.3 is 0 Å². The Morgan fingerprint density at radius 2 is 2.00 bits per heavy atom. The summed E-state index contributed by atoms with van der Waals surface area (Å²) in [4.78, 5) is 11.8. The van der Waals surface area contributed by atoms with Crippen LogP contribution in [0.25, 0.3) is 0 Å². The number of rotatable bonds is 0. The summed E-state index contributed by atoms with van der Waals surface area (Å²) in [7, 11) is 0. The van der Waals surface area contributed by atoms with E-state index >= 15 is 0 Å². The molecule has 2 N–H and O–H groups in total. The van der Waals surface area contributed by atoms with Crippen LogP contribution in [0.1, 0.15) is 27.2 Å². The normalized spacial score (nSPS) is 20.0. The summed E-state index contributed by atoms with van der Waals surface area (Å²) in [5.41, 5.74) is 1.72. The molecule has 1 atom stereocenters. The van der Waals surface area contributed by atoms with Crippen LogP contribution in [-0.2, 0) is 4.79 Å². The molecule has 1 aromatic carbocycles. The van der Waals surface area contributed by atoms with Crippen molar-refractivity contribution in [2.75, 3.05) is 10.6 Å². The van der Waals surface area contributed by atoms with E-state index in [0.717, 1.165) is 11.4 Å². The van der Waals surface area contributed by atoms with Gasteiger partial charge in [0.1, 0.15) is 0 Å². The van der Waals surface area contributed by atoms with Gasteiger partial charge in [-0.05, 0) is 23.6 Å². The first kappa shape index (κ1) is 12.2. The van der Waals surface area contributed by atoms with E-state index in [2.05, 4.69) is 31.4 Å². The van der Waals surface area contributed by atoms with E-state index in [9.17, 15) is 4.79 Å². The lowest BCUT2D eigenvalue weighted by molar-refractivity contribution is -0.116. The standard InChI is InChI=1S/C13H17ClN2O/c1-13(2,3)11-7-12(17)16-10-6-8(14)4-5-9(10)15-11/h4-6,11,15H,7H2,1-3H3,(H,16,17). The fourth-order valence-corrected chi connectivity index (χ4v) is 2.07. The summed E-state index contributed by atoms with van der Waals surface area (Å²) in [6, 6.07) is 5.62. The molecule has 0 fully saturated rings. The van der Waals surface area contributed by atoms with Crippen LogP contribution in [0.2, 0.25) is 5.02 Å². The summed E-state index contributed by atoms with van der Waals surface area (Å²) in [6.07, 6.45) is 0.468. The maximum atomic E-state index is 11.8. The molecule has 0 aliphatic carbocycles. The Labute approximate surface area is 107 Å². The van der Waals surface area contributed by atoms with Crippen molar-refractivity contribution in [3.8, 4) is 0 Å². The van der Waals surface area contributed by atoms with Crippen molar-refractivity contribution >= 4 is 28.9 Å². The minimum absolute atomic E-state index is 0.0263. The van der Waals surface area contributed by atoms with Crippen LogP contribution in [0.5, 0.6) is 0 Å². The second-order valence-corrected chi connectivity index (χ2v) is 5.94. The number of carbonyl (C=O) groups is 1. The molecule has 1 heterocycles. The summed E-state index contributed by atoms with van der Waals surface area (Å²) in [5.74, 6) is 0.0263. The van der Waals surface area contributed by atoms with Gasteiger partial charge in [-0.25, -0.2) is 0 Å². The average molecular weight is 253 g/mol. The van der Waals surface area contributed by atoms with Crippen molar-refractivity contribution in [1.82, 2.24) is 0 Å². The summed E-state index contributed by atoms with van der Waals surface area (Å²) < 4.78 is 0. The number of anilines is 2. The smallest absolute Gasteiger partial charge is 0.226 e. The van der Waals surface area contributed by atoms with Crippen molar-refractivity contribution in [3.05, 3.63) is 23.2 Å². The number of hydrogen-bond acceptors (Lipinski definition) is 2. The van der Waals surface area contributed by atoms with Gasteiger partial charge in [0, 0.05) is 17.5 Å². The first-order chi connectivity index (χ1) is 7.86. The molecule has 2 rings (SSSR count). The van der Waals surface area contributed by atoms with E-state index in [1.165, 1.54) is 0 Å². The predicted octanol–water partition coefficient (Wildman–Crippen LogP) is 3.51. The van der Waals surface area contributed by atoms with Crippen molar-refractivity contribution in [2.45, 2.75) is 33.2 Å². The lowest BCUT2D eigenvalue weighted by atomic mass is 9.84. The minimum atomic E-state index is 0.0263. The van der Waals surface area contributed by atoms with Gasteiger partial charge < -0.3 is 10.6 Å². The molecule has 3 nitrogen and oxygen atoms in total. The average Bonchev–Trinajstić information content (AvgIpc) is 2.34. The summed E-state index contributed by atoms with van der Waals surface area (Å²) in [5, 5.41) is 6.92. The molecule has 17 heavy (non-hydrogen) atoms. The molecule has 1 aliphatic rings. The van der Waals surface area contributed by atoms with Crippen LogP contribution in [-0.4, -0.2) is 11.9 Å². The second-order valence-electron chi connectivity index (χ2n) is 5.51. The van der Waals surface area contributed by atoms with Gasteiger partial charge in [-0.1, -0.05) is 32.4 Å². The van der Waals surface area contributed by atoms with E-state index in [0.29, 0.717) is 11.4 Å². The molecule has 0 bridgehead atoms. The van der Waals surface area contributed by atoms with Gasteiger partial charge in [-0.2, -0.15) is 0 Å². The highest BCUT2D eigenvalue weighted by atomic mass is 35.5. The largest absolute Gasteiger partial charge is 0.380 e. The van der Waals surface area contributed by atoms with Crippen LogP contribution in [0.3, 0.4) is 0 Å². The molecular weight excluding hydrogens is 236 g/mol. The van der Waals surface area contributed by atoms with Crippen molar-refractivity contribution in [2.24, 2.45) is 5.41 Å². The Hall–Kier alpha value is -1.22. The third kappa shape index (κ3) is 2.72. The number of carbonyl (C=O) groups excluding carboxylic acids is 1. The number of hydrogen-bond donors (Lipinski definition) is 2. The zero-order chi connectivity index (χ0) is 12.6.